The van der Waals surface area contributed by atoms with Crippen LogP contribution in [0.3, 0.4) is 0 Å². The largest absolute Gasteiger partial charge is 0.508 e. The van der Waals surface area contributed by atoms with Crippen molar-refractivity contribution in [1.82, 2.24) is 0 Å². The monoisotopic (exact) mass is 300 g/mol. The maximum absolute atomic E-state index is 11.0. The zero-order valence-corrected chi connectivity index (χ0v) is 12.7. The van der Waals surface area contributed by atoms with Gasteiger partial charge >= 0.3 is 5.97 Å². The number of benzene rings is 2. The van der Waals surface area contributed by atoms with Gasteiger partial charge < -0.3 is 14.9 Å². The smallest absolute Gasteiger partial charge is 0.303 e. The number of carbonyl (C=O) groups is 1. The van der Waals surface area contributed by atoms with E-state index < -0.39 is 11.4 Å². The maximum Gasteiger partial charge on any atom is 0.303 e. The molecule has 0 heterocycles. The van der Waals surface area contributed by atoms with Gasteiger partial charge in [0.1, 0.15) is 11.5 Å². The SMILES string of the molecule is COc1ccc(C(C)(CCC(=O)O)c2ccc(O)cc2)cc1. The number of aliphatic carboxylic acids is 1. The van der Waals surface area contributed by atoms with E-state index in [0.29, 0.717) is 6.42 Å². The van der Waals surface area contributed by atoms with E-state index >= 15 is 0 Å². The molecule has 0 aliphatic carbocycles. The summed E-state index contributed by atoms with van der Waals surface area (Å²) in [5, 5.41) is 18.5. The summed E-state index contributed by atoms with van der Waals surface area (Å²) in [4.78, 5) is 11.0. The Balaban J connectivity index is 2.43. The first-order valence-corrected chi connectivity index (χ1v) is 7.11. The molecule has 0 aliphatic heterocycles. The summed E-state index contributed by atoms with van der Waals surface area (Å²) in [6, 6.07) is 14.6. The number of methoxy groups -OCH3 is 1. The fourth-order valence-corrected chi connectivity index (χ4v) is 2.60. The maximum atomic E-state index is 11.0. The summed E-state index contributed by atoms with van der Waals surface area (Å²) in [5.74, 6) is 0.132. The molecule has 0 spiro atoms. The van der Waals surface area contributed by atoms with Crippen molar-refractivity contribution in [3.8, 4) is 11.5 Å². The number of phenols is 1. The molecular formula is C18H20O4. The molecule has 0 aliphatic rings. The molecule has 0 saturated carbocycles. The fourth-order valence-electron chi connectivity index (χ4n) is 2.60. The van der Waals surface area contributed by atoms with Gasteiger partial charge in [-0.2, -0.15) is 0 Å². The molecule has 0 amide bonds. The van der Waals surface area contributed by atoms with Gasteiger partial charge in [-0.05, 0) is 41.8 Å². The Morgan fingerprint density at radius 2 is 1.55 bits per heavy atom. The molecule has 2 rings (SSSR count). The highest BCUT2D eigenvalue weighted by Gasteiger charge is 2.29. The van der Waals surface area contributed by atoms with E-state index in [1.165, 1.54) is 0 Å². The van der Waals surface area contributed by atoms with Crippen molar-refractivity contribution in [1.29, 1.82) is 0 Å². The molecule has 1 atom stereocenters. The number of rotatable bonds is 6. The van der Waals surface area contributed by atoms with Crippen LogP contribution in [0.4, 0.5) is 0 Å². The highest BCUT2D eigenvalue weighted by atomic mass is 16.5. The molecule has 4 nitrogen and oxygen atoms in total. The summed E-state index contributed by atoms with van der Waals surface area (Å²) in [6.45, 7) is 2.02. The van der Waals surface area contributed by atoms with Gasteiger partial charge in [0.25, 0.3) is 0 Å². The van der Waals surface area contributed by atoms with Crippen molar-refractivity contribution >= 4 is 5.97 Å². The Bertz CT molecular complexity index is 631. The van der Waals surface area contributed by atoms with E-state index in [-0.39, 0.29) is 12.2 Å². The molecule has 116 valence electrons. The number of ether oxygens (including phenoxy) is 1. The van der Waals surface area contributed by atoms with Crippen LogP contribution in [0.2, 0.25) is 0 Å². The first kappa shape index (κ1) is 15.9. The van der Waals surface area contributed by atoms with Gasteiger partial charge in [-0.1, -0.05) is 31.2 Å². The second-order valence-corrected chi connectivity index (χ2v) is 5.50. The van der Waals surface area contributed by atoms with Crippen molar-refractivity contribution in [3.63, 3.8) is 0 Å². The third-order valence-electron chi connectivity index (χ3n) is 4.07. The van der Waals surface area contributed by atoms with E-state index in [2.05, 4.69) is 0 Å². The second-order valence-electron chi connectivity index (χ2n) is 5.50. The van der Waals surface area contributed by atoms with Crippen LogP contribution in [0.1, 0.15) is 30.9 Å². The summed E-state index contributed by atoms with van der Waals surface area (Å²) >= 11 is 0. The van der Waals surface area contributed by atoms with Crippen molar-refractivity contribution in [3.05, 3.63) is 59.7 Å². The predicted octanol–water partition coefficient (Wildman–Crippen LogP) is 3.57. The lowest BCUT2D eigenvalue weighted by atomic mass is 9.73. The summed E-state index contributed by atoms with van der Waals surface area (Å²) in [5.41, 5.74) is 1.54. The fraction of sp³-hybridized carbons (Fsp3) is 0.278. The van der Waals surface area contributed by atoms with Gasteiger partial charge in [0.2, 0.25) is 0 Å². The van der Waals surface area contributed by atoms with Crippen molar-refractivity contribution in [2.45, 2.75) is 25.2 Å². The first-order valence-electron chi connectivity index (χ1n) is 7.11. The highest BCUT2D eigenvalue weighted by molar-refractivity contribution is 5.67. The molecule has 2 aromatic carbocycles. The lowest BCUT2D eigenvalue weighted by molar-refractivity contribution is -0.137. The quantitative estimate of drug-likeness (QED) is 0.856. The lowest BCUT2D eigenvalue weighted by Crippen LogP contribution is -2.24. The average Bonchev–Trinajstić information content (AvgIpc) is 2.53. The van der Waals surface area contributed by atoms with Gasteiger partial charge in [0.15, 0.2) is 0 Å². The topological polar surface area (TPSA) is 66.8 Å². The van der Waals surface area contributed by atoms with Gasteiger partial charge in [-0.25, -0.2) is 0 Å². The molecule has 0 saturated heterocycles. The van der Waals surface area contributed by atoms with Crippen LogP contribution in [-0.2, 0) is 10.2 Å². The second kappa shape index (κ2) is 6.52. The van der Waals surface area contributed by atoms with Gasteiger partial charge in [0.05, 0.1) is 7.11 Å². The van der Waals surface area contributed by atoms with Crippen LogP contribution < -0.4 is 4.74 Å². The van der Waals surface area contributed by atoms with Crippen molar-refractivity contribution in [2.75, 3.05) is 7.11 Å². The van der Waals surface area contributed by atoms with E-state index in [0.717, 1.165) is 16.9 Å². The number of carboxylic acid groups (broad SMARTS) is 1. The molecule has 1 unspecified atom stereocenters. The molecule has 0 radical (unpaired) electrons. The van der Waals surface area contributed by atoms with Crippen LogP contribution in [0, 0.1) is 0 Å². The third-order valence-corrected chi connectivity index (χ3v) is 4.07. The minimum atomic E-state index is -0.821. The highest BCUT2D eigenvalue weighted by Crippen LogP contribution is 2.37. The van der Waals surface area contributed by atoms with Crippen molar-refractivity contribution < 1.29 is 19.7 Å². The van der Waals surface area contributed by atoms with Crippen LogP contribution >= 0.6 is 0 Å². The number of hydrogen-bond donors (Lipinski definition) is 2. The van der Waals surface area contributed by atoms with Crippen LogP contribution in [0.15, 0.2) is 48.5 Å². The summed E-state index contributed by atoms with van der Waals surface area (Å²) in [6.07, 6.45) is 0.544. The zero-order valence-electron chi connectivity index (χ0n) is 12.7. The Morgan fingerprint density at radius 3 is 2.00 bits per heavy atom. The zero-order chi connectivity index (χ0) is 16.2. The molecule has 0 bridgehead atoms. The van der Waals surface area contributed by atoms with E-state index in [4.69, 9.17) is 9.84 Å². The molecular weight excluding hydrogens is 280 g/mol. The molecule has 2 aromatic rings. The van der Waals surface area contributed by atoms with E-state index in [1.807, 2.05) is 43.3 Å². The number of aromatic hydroxyl groups is 1. The normalized spacial score (nSPS) is 13.4. The Kier molecular flexibility index (Phi) is 4.71. The number of hydrogen-bond acceptors (Lipinski definition) is 3. The molecule has 4 heteroatoms. The number of carboxylic acids is 1. The first-order chi connectivity index (χ1) is 10.5. The Labute approximate surface area is 130 Å². The van der Waals surface area contributed by atoms with Gasteiger partial charge in [-0.15, -0.1) is 0 Å². The molecule has 22 heavy (non-hydrogen) atoms. The third kappa shape index (κ3) is 3.39. The average molecular weight is 300 g/mol. The summed E-state index contributed by atoms with van der Waals surface area (Å²) in [7, 11) is 1.61. The minimum absolute atomic E-state index is 0.0728. The summed E-state index contributed by atoms with van der Waals surface area (Å²) < 4.78 is 5.17. The van der Waals surface area contributed by atoms with Crippen molar-refractivity contribution in [2.24, 2.45) is 0 Å². The number of phenolic OH excluding ortho intramolecular Hbond substituents is 1. The van der Waals surface area contributed by atoms with Gasteiger partial charge in [0, 0.05) is 11.8 Å². The van der Waals surface area contributed by atoms with E-state index in [1.54, 1.807) is 19.2 Å². The predicted molar refractivity (Wildman–Crippen MR) is 84.4 cm³/mol. The molecule has 2 N–H and O–H groups in total. The van der Waals surface area contributed by atoms with Crippen LogP contribution in [0.25, 0.3) is 0 Å². The molecule has 0 aromatic heterocycles. The van der Waals surface area contributed by atoms with Crippen LogP contribution in [0.5, 0.6) is 11.5 Å². The Hall–Kier alpha value is -2.49. The van der Waals surface area contributed by atoms with Crippen LogP contribution in [-0.4, -0.2) is 23.3 Å². The standard InChI is InChI=1S/C18H20O4/c1-18(12-11-17(20)21,13-3-7-15(19)8-4-13)14-5-9-16(22-2)10-6-14/h3-10,19H,11-12H2,1-2H3,(H,20,21). The lowest BCUT2D eigenvalue weighted by Gasteiger charge is -2.31. The molecule has 0 fully saturated rings. The minimum Gasteiger partial charge on any atom is -0.508 e. The Morgan fingerprint density at radius 1 is 1.05 bits per heavy atom. The van der Waals surface area contributed by atoms with E-state index in [9.17, 15) is 9.90 Å². The van der Waals surface area contributed by atoms with Gasteiger partial charge in [-0.3, -0.25) is 4.79 Å².